The number of rotatable bonds is 10. The zero-order valence-corrected chi connectivity index (χ0v) is 19.0. The smallest absolute Gasteiger partial charge is 0.192 e. The molecule has 1 saturated heterocycles. The standard InChI is InChI=1S/C28H32O6/c1-28(30)27(33-19-23-15-9-4-10-16-23)26(32-18-22-13-7-3-8-14-22)25(29)24(34-28)20-31-17-21-11-5-2-6-12-21/h2-16,24-27,29-30H,17-20H2,1H3/t24-,25-,26+,27-,28?/m1/s1/i1D. The highest BCUT2D eigenvalue weighted by atomic mass is 16.7. The highest BCUT2D eigenvalue weighted by molar-refractivity contribution is 5.15. The molecule has 3 aromatic rings. The Bertz CT molecular complexity index is 1010. The quantitative estimate of drug-likeness (QED) is 0.474. The van der Waals surface area contributed by atoms with E-state index in [1.54, 1.807) is 0 Å². The lowest BCUT2D eigenvalue weighted by Crippen LogP contribution is -2.65. The van der Waals surface area contributed by atoms with E-state index in [2.05, 4.69) is 0 Å². The molecule has 6 heteroatoms. The molecule has 3 aromatic carbocycles. The molecule has 1 fully saturated rings. The number of hydrogen-bond acceptors (Lipinski definition) is 6. The van der Waals surface area contributed by atoms with Crippen molar-refractivity contribution in [2.24, 2.45) is 0 Å². The van der Waals surface area contributed by atoms with Gasteiger partial charge in [-0.15, -0.1) is 0 Å². The molecular weight excluding hydrogens is 432 g/mol. The number of hydrogen-bond donors (Lipinski definition) is 2. The zero-order valence-electron chi connectivity index (χ0n) is 20.0. The molecule has 0 saturated carbocycles. The van der Waals surface area contributed by atoms with E-state index in [0.29, 0.717) is 6.61 Å². The van der Waals surface area contributed by atoms with E-state index >= 15 is 0 Å². The summed E-state index contributed by atoms with van der Waals surface area (Å²) in [5, 5.41) is 22.5. The maximum Gasteiger partial charge on any atom is 0.192 e. The van der Waals surface area contributed by atoms with Crippen molar-refractivity contribution in [1.29, 1.82) is 0 Å². The summed E-state index contributed by atoms with van der Waals surface area (Å²) in [6.45, 7) is 0.244. The average molecular weight is 466 g/mol. The average Bonchev–Trinajstić information content (AvgIpc) is 2.91. The Hall–Kier alpha value is -2.58. The topological polar surface area (TPSA) is 77.4 Å². The summed E-state index contributed by atoms with van der Waals surface area (Å²) < 4.78 is 31.8. The van der Waals surface area contributed by atoms with Gasteiger partial charge in [-0.05, 0) is 23.6 Å². The van der Waals surface area contributed by atoms with Crippen LogP contribution in [-0.4, -0.2) is 47.0 Å². The van der Waals surface area contributed by atoms with Crippen LogP contribution in [-0.2, 0) is 38.8 Å². The molecule has 0 aromatic heterocycles. The molecule has 1 aliphatic rings. The third-order valence-electron chi connectivity index (χ3n) is 5.77. The van der Waals surface area contributed by atoms with Crippen LogP contribution in [0.25, 0.3) is 0 Å². The molecule has 5 atom stereocenters. The fraction of sp³-hybridized carbons (Fsp3) is 0.357. The van der Waals surface area contributed by atoms with Gasteiger partial charge in [0, 0.05) is 1.37 Å². The van der Waals surface area contributed by atoms with Crippen LogP contribution in [0, 0.1) is 0 Å². The van der Waals surface area contributed by atoms with Crippen molar-refractivity contribution in [3.05, 3.63) is 108 Å². The minimum atomic E-state index is -1.98. The monoisotopic (exact) mass is 465 g/mol. The fourth-order valence-electron chi connectivity index (χ4n) is 3.98. The Morgan fingerprint density at radius 2 is 1.29 bits per heavy atom. The lowest BCUT2D eigenvalue weighted by molar-refractivity contribution is -0.358. The molecule has 1 aliphatic heterocycles. The van der Waals surface area contributed by atoms with E-state index in [0.717, 1.165) is 16.7 Å². The predicted octanol–water partition coefficient (Wildman–Crippen LogP) is 3.84. The molecule has 0 spiro atoms. The fourth-order valence-corrected chi connectivity index (χ4v) is 3.98. The summed E-state index contributed by atoms with van der Waals surface area (Å²) >= 11 is 0. The Morgan fingerprint density at radius 3 is 1.82 bits per heavy atom. The first-order chi connectivity index (χ1) is 17.1. The Balaban J connectivity index is 1.49. The zero-order chi connectivity index (χ0) is 24.5. The van der Waals surface area contributed by atoms with E-state index in [4.69, 9.17) is 20.3 Å². The highest BCUT2D eigenvalue weighted by Gasteiger charge is 2.52. The van der Waals surface area contributed by atoms with Gasteiger partial charge in [0.25, 0.3) is 0 Å². The molecule has 34 heavy (non-hydrogen) atoms. The van der Waals surface area contributed by atoms with Gasteiger partial charge in [-0.3, -0.25) is 0 Å². The molecule has 0 aliphatic carbocycles. The van der Waals surface area contributed by atoms with Gasteiger partial charge in [0.05, 0.1) is 26.4 Å². The number of ether oxygens (including phenoxy) is 4. The maximum absolute atomic E-state index is 11.3. The second kappa shape index (κ2) is 11.7. The van der Waals surface area contributed by atoms with Crippen molar-refractivity contribution in [3.63, 3.8) is 0 Å². The van der Waals surface area contributed by atoms with Crippen molar-refractivity contribution in [2.75, 3.05) is 6.61 Å². The van der Waals surface area contributed by atoms with E-state index in [-0.39, 0.29) is 19.8 Å². The lowest BCUT2D eigenvalue weighted by atomic mass is 9.93. The Kier molecular flexibility index (Phi) is 7.98. The molecular formula is C28H32O6. The maximum atomic E-state index is 11.3. The third-order valence-corrected chi connectivity index (χ3v) is 5.77. The van der Waals surface area contributed by atoms with Crippen molar-refractivity contribution >= 4 is 0 Å². The first kappa shape index (κ1) is 23.2. The van der Waals surface area contributed by atoms with Crippen LogP contribution in [0.1, 0.15) is 25.0 Å². The van der Waals surface area contributed by atoms with Gasteiger partial charge in [0.2, 0.25) is 0 Å². The van der Waals surface area contributed by atoms with Crippen LogP contribution in [0.2, 0.25) is 0 Å². The van der Waals surface area contributed by atoms with Crippen LogP contribution in [0.3, 0.4) is 0 Å². The molecule has 0 radical (unpaired) electrons. The number of aliphatic hydroxyl groups is 2. The third kappa shape index (κ3) is 6.51. The van der Waals surface area contributed by atoms with Gasteiger partial charge in [-0.2, -0.15) is 0 Å². The van der Waals surface area contributed by atoms with Gasteiger partial charge in [-0.1, -0.05) is 91.0 Å². The summed E-state index contributed by atoms with van der Waals surface area (Å²) in [4.78, 5) is 0. The SMILES string of the molecule is [2H]CC1(O)O[C@H](COCc2ccccc2)[C@@H](O)[C@H](OCc2ccccc2)[C@H]1OCc1ccccc1. The number of aliphatic hydroxyl groups excluding tert-OH is 1. The van der Waals surface area contributed by atoms with Crippen LogP contribution >= 0.6 is 0 Å². The van der Waals surface area contributed by atoms with Gasteiger partial charge >= 0.3 is 0 Å². The van der Waals surface area contributed by atoms with E-state index < -0.39 is 37.1 Å². The van der Waals surface area contributed by atoms with Gasteiger partial charge in [0.1, 0.15) is 24.4 Å². The summed E-state index contributed by atoms with van der Waals surface area (Å²) in [7, 11) is 0. The van der Waals surface area contributed by atoms with Crippen LogP contribution < -0.4 is 0 Å². The highest BCUT2D eigenvalue weighted by Crippen LogP contribution is 2.33. The van der Waals surface area contributed by atoms with Crippen LogP contribution in [0.15, 0.2) is 91.0 Å². The van der Waals surface area contributed by atoms with Crippen molar-refractivity contribution in [1.82, 2.24) is 0 Å². The second-order valence-electron chi connectivity index (χ2n) is 8.47. The minimum absolute atomic E-state index is 0.0228. The minimum Gasteiger partial charge on any atom is -0.387 e. The summed E-state index contributed by atoms with van der Waals surface area (Å²) in [5.74, 6) is -1.98. The Labute approximate surface area is 202 Å². The molecule has 0 amide bonds. The summed E-state index contributed by atoms with van der Waals surface area (Å²) in [6.07, 6.45) is -4.05. The van der Waals surface area contributed by atoms with E-state index in [1.807, 2.05) is 91.0 Å². The summed E-state index contributed by atoms with van der Waals surface area (Å²) in [5.41, 5.74) is 2.79. The molecule has 1 unspecified atom stereocenters. The van der Waals surface area contributed by atoms with Crippen molar-refractivity contribution in [3.8, 4) is 0 Å². The normalized spacial score (nSPS) is 27.3. The molecule has 6 nitrogen and oxygen atoms in total. The van der Waals surface area contributed by atoms with Crippen LogP contribution in [0.4, 0.5) is 0 Å². The largest absolute Gasteiger partial charge is 0.387 e. The molecule has 0 bridgehead atoms. The first-order valence-corrected chi connectivity index (χ1v) is 11.4. The predicted molar refractivity (Wildman–Crippen MR) is 128 cm³/mol. The van der Waals surface area contributed by atoms with Crippen LogP contribution in [0.5, 0.6) is 0 Å². The summed E-state index contributed by atoms with van der Waals surface area (Å²) in [6, 6.07) is 28.7. The van der Waals surface area contributed by atoms with Crippen molar-refractivity contribution in [2.45, 2.75) is 56.9 Å². The molecule has 4 rings (SSSR count). The van der Waals surface area contributed by atoms with Gasteiger partial charge < -0.3 is 29.2 Å². The van der Waals surface area contributed by atoms with Crippen molar-refractivity contribution < 1.29 is 30.5 Å². The van der Waals surface area contributed by atoms with E-state index in [9.17, 15) is 10.2 Å². The van der Waals surface area contributed by atoms with Gasteiger partial charge in [0.15, 0.2) is 5.79 Å². The van der Waals surface area contributed by atoms with E-state index in [1.165, 1.54) is 0 Å². The lowest BCUT2D eigenvalue weighted by Gasteiger charge is -2.47. The molecule has 180 valence electrons. The first-order valence-electron chi connectivity index (χ1n) is 12.1. The molecule has 1 heterocycles. The van der Waals surface area contributed by atoms with Gasteiger partial charge in [-0.25, -0.2) is 0 Å². The second-order valence-corrected chi connectivity index (χ2v) is 8.47. The molecule has 2 N–H and O–H groups in total. The number of benzene rings is 3. The Morgan fingerprint density at radius 1 is 0.794 bits per heavy atom.